The first-order valence-electron chi connectivity index (χ1n) is 8.81. The van der Waals surface area contributed by atoms with Crippen LogP contribution in [-0.2, 0) is 4.79 Å². The van der Waals surface area contributed by atoms with Crippen molar-refractivity contribution in [2.45, 2.75) is 38.5 Å². The van der Waals surface area contributed by atoms with Crippen LogP contribution in [0, 0.1) is 0 Å². The molecular formula is C21H28N2O2. The maximum Gasteiger partial charge on any atom is 0.242 e. The minimum atomic E-state index is -0.587. The van der Waals surface area contributed by atoms with Gasteiger partial charge >= 0.3 is 0 Å². The van der Waals surface area contributed by atoms with Crippen molar-refractivity contribution in [2.75, 3.05) is 13.6 Å². The average Bonchev–Trinajstić information content (AvgIpc) is 2.63. The molecule has 0 fully saturated rings. The Balaban J connectivity index is 2.02. The second kappa shape index (κ2) is 9.35. The van der Waals surface area contributed by atoms with E-state index in [1.54, 1.807) is 0 Å². The highest BCUT2D eigenvalue weighted by Gasteiger charge is 2.25. The number of nitrogens with zero attached hydrogens (tertiary/aromatic N) is 1. The van der Waals surface area contributed by atoms with Crippen molar-refractivity contribution in [3.8, 4) is 0 Å². The maximum absolute atomic E-state index is 12.8. The molecule has 0 aromatic heterocycles. The van der Waals surface area contributed by atoms with Crippen molar-refractivity contribution in [1.29, 1.82) is 0 Å². The fraction of sp³-hybridized carbons (Fsp3) is 0.381. The first-order chi connectivity index (χ1) is 12.0. The van der Waals surface area contributed by atoms with Crippen LogP contribution in [0.1, 0.15) is 43.5 Å². The number of likely N-dealkylation sites (N-methyl/N-ethyl adjacent to an activating group) is 1. The fourth-order valence-corrected chi connectivity index (χ4v) is 2.95. The molecule has 2 rings (SSSR count). The number of carbonyl (C=O) groups is 1. The molecule has 0 saturated carbocycles. The van der Waals surface area contributed by atoms with E-state index in [-0.39, 0.29) is 18.0 Å². The second-order valence-electron chi connectivity index (χ2n) is 6.46. The maximum atomic E-state index is 12.8. The van der Waals surface area contributed by atoms with Crippen LogP contribution in [-0.4, -0.2) is 35.5 Å². The molecular weight excluding hydrogens is 312 g/mol. The fourth-order valence-electron chi connectivity index (χ4n) is 2.95. The highest BCUT2D eigenvalue weighted by Crippen LogP contribution is 2.21. The molecule has 0 spiro atoms. The second-order valence-corrected chi connectivity index (χ2v) is 6.46. The van der Waals surface area contributed by atoms with Gasteiger partial charge in [-0.2, -0.15) is 0 Å². The average molecular weight is 340 g/mol. The summed E-state index contributed by atoms with van der Waals surface area (Å²) < 4.78 is 0. The summed E-state index contributed by atoms with van der Waals surface area (Å²) in [4.78, 5) is 14.9. The molecule has 0 saturated heterocycles. The van der Waals surface area contributed by atoms with E-state index in [2.05, 4.69) is 5.32 Å². The summed E-state index contributed by atoms with van der Waals surface area (Å²) in [5.41, 5.74) is 1.84. The van der Waals surface area contributed by atoms with Gasteiger partial charge in [0, 0.05) is 6.04 Å². The van der Waals surface area contributed by atoms with Gasteiger partial charge in [-0.3, -0.25) is 9.69 Å². The number of benzene rings is 2. The molecule has 2 aromatic carbocycles. The van der Waals surface area contributed by atoms with Crippen LogP contribution in [0.3, 0.4) is 0 Å². The lowest BCUT2D eigenvalue weighted by molar-refractivity contribution is -0.127. The van der Waals surface area contributed by atoms with Crippen LogP contribution in [0.25, 0.3) is 0 Å². The van der Waals surface area contributed by atoms with Gasteiger partial charge in [0.1, 0.15) is 6.04 Å². The zero-order valence-corrected chi connectivity index (χ0v) is 15.2. The predicted octanol–water partition coefficient (Wildman–Crippen LogP) is 3.31. The SMILES string of the molecule is CCN(C)C(C(=O)NC(C)CC(O)c1ccccc1)c1ccccc1. The van der Waals surface area contributed by atoms with E-state index in [1.807, 2.05) is 86.5 Å². The lowest BCUT2D eigenvalue weighted by Gasteiger charge is -2.28. The van der Waals surface area contributed by atoms with Crippen molar-refractivity contribution >= 4 is 5.91 Å². The molecule has 0 aliphatic heterocycles. The number of amides is 1. The molecule has 1 amide bonds. The standard InChI is InChI=1S/C21H28N2O2/c1-4-23(3)20(18-13-9-6-10-14-18)21(25)22-16(2)15-19(24)17-11-7-5-8-12-17/h5-14,16,19-20,24H,4,15H2,1-3H3,(H,22,25). The molecule has 2 aromatic rings. The van der Waals surface area contributed by atoms with Gasteiger partial charge in [0.15, 0.2) is 0 Å². The van der Waals surface area contributed by atoms with Gasteiger partial charge in [0.25, 0.3) is 0 Å². The summed E-state index contributed by atoms with van der Waals surface area (Å²) in [5.74, 6) is -0.0386. The molecule has 0 aliphatic carbocycles. The summed E-state index contributed by atoms with van der Waals surface area (Å²) in [6.45, 7) is 4.73. The molecule has 0 bridgehead atoms. The van der Waals surface area contributed by atoms with Crippen LogP contribution >= 0.6 is 0 Å². The van der Waals surface area contributed by atoms with E-state index in [0.29, 0.717) is 6.42 Å². The third-order valence-electron chi connectivity index (χ3n) is 4.45. The van der Waals surface area contributed by atoms with Crippen LogP contribution < -0.4 is 5.32 Å². The number of nitrogens with one attached hydrogen (secondary N) is 1. The highest BCUT2D eigenvalue weighted by molar-refractivity contribution is 5.83. The van der Waals surface area contributed by atoms with Gasteiger partial charge < -0.3 is 10.4 Å². The van der Waals surface area contributed by atoms with E-state index >= 15 is 0 Å². The number of carbonyl (C=O) groups excluding carboxylic acids is 1. The van der Waals surface area contributed by atoms with Crippen LogP contribution in [0.15, 0.2) is 60.7 Å². The van der Waals surface area contributed by atoms with Gasteiger partial charge in [-0.25, -0.2) is 0 Å². The molecule has 25 heavy (non-hydrogen) atoms. The van der Waals surface area contributed by atoms with Crippen LogP contribution in [0.5, 0.6) is 0 Å². The minimum absolute atomic E-state index is 0.0386. The number of hydrogen-bond donors (Lipinski definition) is 2. The van der Waals surface area contributed by atoms with Crippen molar-refractivity contribution < 1.29 is 9.90 Å². The Hall–Kier alpha value is -2.17. The van der Waals surface area contributed by atoms with Crippen molar-refractivity contribution in [3.63, 3.8) is 0 Å². The Morgan fingerprint density at radius 2 is 1.56 bits per heavy atom. The summed E-state index contributed by atoms with van der Waals surface area (Å²) in [6.07, 6.45) is -0.108. The number of aliphatic hydroxyl groups is 1. The Bertz CT molecular complexity index is 645. The van der Waals surface area contributed by atoms with Gasteiger partial charge in [0.05, 0.1) is 6.10 Å². The molecule has 4 nitrogen and oxygen atoms in total. The molecule has 134 valence electrons. The summed E-state index contributed by atoms with van der Waals surface area (Å²) >= 11 is 0. The third kappa shape index (κ3) is 5.41. The molecule has 3 unspecified atom stereocenters. The zero-order chi connectivity index (χ0) is 18.2. The van der Waals surface area contributed by atoms with Crippen molar-refractivity contribution in [2.24, 2.45) is 0 Å². The normalized spacial score (nSPS) is 14.8. The topological polar surface area (TPSA) is 52.6 Å². The molecule has 4 heteroatoms. The predicted molar refractivity (Wildman–Crippen MR) is 101 cm³/mol. The molecule has 2 N–H and O–H groups in total. The largest absolute Gasteiger partial charge is 0.388 e. The van der Waals surface area contributed by atoms with E-state index in [0.717, 1.165) is 17.7 Å². The molecule has 0 aliphatic rings. The van der Waals surface area contributed by atoms with E-state index < -0.39 is 6.10 Å². The molecule has 0 radical (unpaired) electrons. The number of aliphatic hydroxyl groups excluding tert-OH is 1. The Morgan fingerprint density at radius 1 is 1.04 bits per heavy atom. The lowest BCUT2D eigenvalue weighted by Crippen LogP contribution is -2.42. The Kier molecular flexibility index (Phi) is 7.16. The molecule has 3 atom stereocenters. The van der Waals surface area contributed by atoms with Crippen LogP contribution in [0.4, 0.5) is 0 Å². The lowest BCUT2D eigenvalue weighted by atomic mass is 10.0. The highest BCUT2D eigenvalue weighted by atomic mass is 16.3. The first kappa shape index (κ1) is 19.2. The van der Waals surface area contributed by atoms with E-state index in [1.165, 1.54) is 0 Å². The monoisotopic (exact) mass is 340 g/mol. The smallest absolute Gasteiger partial charge is 0.242 e. The van der Waals surface area contributed by atoms with E-state index in [9.17, 15) is 9.90 Å². The minimum Gasteiger partial charge on any atom is -0.388 e. The Labute approximate surface area is 150 Å². The van der Waals surface area contributed by atoms with Gasteiger partial charge in [-0.15, -0.1) is 0 Å². The zero-order valence-electron chi connectivity index (χ0n) is 15.2. The van der Waals surface area contributed by atoms with Crippen LogP contribution in [0.2, 0.25) is 0 Å². The Morgan fingerprint density at radius 3 is 2.08 bits per heavy atom. The third-order valence-corrected chi connectivity index (χ3v) is 4.45. The van der Waals surface area contributed by atoms with E-state index in [4.69, 9.17) is 0 Å². The summed E-state index contributed by atoms with van der Waals surface area (Å²) in [5, 5.41) is 13.4. The van der Waals surface area contributed by atoms with Crippen molar-refractivity contribution in [1.82, 2.24) is 10.2 Å². The first-order valence-corrected chi connectivity index (χ1v) is 8.81. The number of hydrogen-bond acceptors (Lipinski definition) is 3. The number of rotatable bonds is 8. The van der Waals surface area contributed by atoms with Gasteiger partial charge in [-0.05, 0) is 38.1 Å². The van der Waals surface area contributed by atoms with Gasteiger partial charge in [-0.1, -0.05) is 67.6 Å². The van der Waals surface area contributed by atoms with Crippen molar-refractivity contribution in [3.05, 3.63) is 71.8 Å². The molecule has 0 heterocycles. The summed E-state index contributed by atoms with van der Waals surface area (Å²) in [6, 6.07) is 18.9. The van der Waals surface area contributed by atoms with Gasteiger partial charge in [0.2, 0.25) is 5.91 Å². The quantitative estimate of drug-likeness (QED) is 0.775. The summed E-state index contributed by atoms with van der Waals surface area (Å²) in [7, 11) is 1.95.